The molecule has 6 nitrogen and oxygen atoms in total. The fraction of sp³-hybridized carbons (Fsp3) is 0.556. The molecule has 2 aromatic rings. The van der Waals surface area contributed by atoms with Crippen LogP contribution in [-0.4, -0.2) is 44.7 Å². The summed E-state index contributed by atoms with van der Waals surface area (Å²) in [7, 11) is 0. The van der Waals surface area contributed by atoms with Crippen LogP contribution in [0.3, 0.4) is 0 Å². The fourth-order valence-corrected chi connectivity index (χ4v) is 4.28. The van der Waals surface area contributed by atoms with Gasteiger partial charge in [-0.1, -0.05) is 12.8 Å². The van der Waals surface area contributed by atoms with Crippen LogP contribution in [0.2, 0.25) is 0 Å². The summed E-state index contributed by atoms with van der Waals surface area (Å²) in [6.07, 6.45) is 9.44. The van der Waals surface area contributed by atoms with Crippen molar-refractivity contribution in [1.29, 1.82) is 0 Å². The molecule has 0 bridgehead atoms. The first-order valence-corrected chi connectivity index (χ1v) is 8.91. The Morgan fingerprint density at radius 2 is 2.17 bits per heavy atom. The van der Waals surface area contributed by atoms with Gasteiger partial charge in [0, 0.05) is 30.1 Å². The molecule has 0 radical (unpaired) electrons. The quantitative estimate of drug-likeness (QED) is 0.792. The molecule has 128 valence electrons. The number of hydrogen-bond donors (Lipinski definition) is 3. The van der Waals surface area contributed by atoms with Gasteiger partial charge in [0.15, 0.2) is 0 Å². The summed E-state index contributed by atoms with van der Waals surface area (Å²) in [6, 6.07) is 3.89. The number of aromatic amines is 1. The number of fused-ring (bicyclic) bond motifs is 1. The number of nitrogens with zero attached hydrogens (tertiary/aromatic N) is 2. The predicted molar refractivity (Wildman–Crippen MR) is 92.8 cm³/mol. The monoisotopic (exact) mass is 328 g/mol. The molecule has 1 aliphatic heterocycles. The lowest BCUT2D eigenvalue weighted by Crippen LogP contribution is -2.46. The van der Waals surface area contributed by atoms with E-state index in [1.807, 2.05) is 23.2 Å². The molecular formula is C18H24N4O2. The first-order valence-electron chi connectivity index (χ1n) is 8.91. The lowest BCUT2D eigenvalue weighted by molar-refractivity contribution is 0.0320. The third-order valence-corrected chi connectivity index (χ3v) is 5.51. The first kappa shape index (κ1) is 15.4. The second kappa shape index (κ2) is 6.43. The summed E-state index contributed by atoms with van der Waals surface area (Å²) in [5.41, 5.74) is 0.956. The maximum Gasteiger partial charge on any atom is 0.323 e. The van der Waals surface area contributed by atoms with E-state index in [0.717, 1.165) is 56.0 Å². The summed E-state index contributed by atoms with van der Waals surface area (Å²) in [6.45, 7) is 0.756. The molecular weight excluding hydrogens is 304 g/mol. The van der Waals surface area contributed by atoms with Crippen LogP contribution in [0.4, 0.5) is 10.6 Å². The zero-order valence-corrected chi connectivity index (χ0v) is 13.7. The summed E-state index contributed by atoms with van der Waals surface area (Å²) >= 11 is 0. The Kier molecular flexibility index (Phi) is 4.14. The lowest BCUT2D eigenvalue weighted by Gasteiger charge is -2.37. The van der Waals surface area contributed by atoms with Crippen LogP contribution >= 0.6 is 0 Å². The minimum atomic E-state index is -0.272. The van der Waals surface area contributed by atoms with Crippen LogP contribution in [0, 0.1) is 5.92 Å². The normalized spacial score (nSPS) is 27.5. The van der Waals surface area contributed by atoms with Gasteiger partial charge in [-0.15, -0.1) is 0 Å². The average molecular weight is 328 g/mol. The molecule has 1 saturated heterocycles. The van der Waals surface area contributed by atoms with Crippen molar-refractivity contribution in [2.24, 2.45) is 5.92 Å². The van der Waals surface area contributed by atoms with Crippen molar-refractivity contribution in [2.45, 2.75) is 50.7 Å². The molecule has 0 aromatic carbocycles. The van der Waals surface area contributed by atoms with E-state index >= 15 is 0 Å². The number of pyridine rings is 1. The van der Waals surface area contributed by atoms with E-state index in [4.69, 9.17) is 0 Å². The average Bonchev–Trinajstić information content (AvgIpc) is 3.24. The van der Waals surface area contributed by atoms with Crippen LogP contribution in [-0.2, 0) is 0 Å². The van der Waals surface area contributed by atoms with E-state index in [2.05, 4.69) is 15.3 Å². The second-order valence-electron chi connectivity index (χ2n) is 6.98. The van der Waals surface area contributed by atoms with E-state index in [0.29, 0.717) is 5.82 Å². The lowest BCUT2D eigenvalue weighted by atomic mass is 9.80. The number of amides is 2. The Bertz CT molecular complexity index is 729. The molecule has 3 heterocycles. The van der Waals surface area contributed by atoms with Gasteiger partial charge in [0.2, 0.25) is 0 Å². The highest BCUT2D eigenvalue weighted by atomic mass is 16.3. The number of hydrogen-bond acceptors (Lipinski definition) is 3. The van der Waals surface area contributed by atoms with Gasteiger partial charge >= 0.3 is 6.03 Å². The Labute approximate surface area is 141 Å². The molecule has 2 fully saturated rings. The van der Waals surface area contributed by atoms with Gasteiger partial charge in [0.05, 0.1) is 17.8 Å². The number of carbonyl (C=O) groups excluding carboxylic acids is 1. The molecule has 24 heavy (non-hydrogen) atoms. The highest BCUT2D eigenvalue weighted by Crippen LogP contribution is 2.34. The van der Waals surface area contributed by atoms with E-state index in [9.17, 15) is 9.90 Å². The van der Waals surface area contributed by atoms with Crippen LogP contribution in [0.5, 0.6) is 0 Å². The number of likely N-dealkylation sites (tertiary alicyclic amines) is 1. The molecule has 3 atom stereocenters. The molecule has 1 aliphatic carbocycles. The number of H-pyrrole nitrogens is 1. The Morgan fingerprint density at radius 1 is 1.29 bits per heavy atom. The van der Waals surface area contributed by atoms with Crippen molar-refractivity contribution in [3.8, 4) is 0 Å². The van der Waals surface area contributed by atoms with Gasteiger partial charge < -0.3 is 15.0 Å². The summed E-state index contributed by atoms with van der Waals surface area (Å²) in [5, 5.41) is 14.3. The fourth-order valence-electron chi connectivity index (χ4n) is 4.28. The van der Waals surface area contributed by atoms with Gasteiger partial charge in [-0.2, -0.15) is 0 Å². The number of carbonyl (C=O) groups is 1. The molecule has 6 heteroatoms. The highest BCUT2D eigenvalue weighted by molar-refractivity contribution is 5.91. The molecule has 3 unspecified atom stereocenters. The Balaban J connectivity index is 1.48. The highest BCUT2D eigenvalue weighted by Gasteiger charge is 2.39. The van der Waals surface area contributed by atoms with E-state index in [-0.39, 0.29) is 24.1 Å². The predicted octanol–water partition coefficient (Wildman–Crippen LogP) is 3.11. The summed E-state index contributed by atoms with van der Waals surface area (Å²) < 4.78 is 0. The summed E-state index contributed by atoms with van der Waals surface area (Å²) in [4.78, 5) is 22.0. The molecule has 2 amide bonds. The van der Waals surface area contributed by atoms with Crippen molar-refractivity contribution < 1.29 is 9.90 Å². The second-order valence-corrected chi connectivity index (χ2v) is 6.98. The molecule has 2 aromatic heterocycles. The molecule has 3 N–H and O–H groups in total. The van der Waals surface area contributed by atoms with Gasteiger partial charge in [-0.05, 0) is 37.8 Å². The third kappa shape index (κ3) is 2.86. The third-order valence-electron chi connectivity index (χ3n) is 5.51. The zero-order valence-electron chi connectivity index (χ0n) is 13.7. The maximum absolute atomic E-state index is 12.7. The molecule has 0 spiro atoms. The molecule has 2 aliphatic rings. The van der Waals surface area contributed by atoms with Crippen LogP contribution < -0.4 is 5.32 Å². The largest absolute Gasteiger partial charge is 0.393 e. The van der Waals surface area contributed by atoms with Crippen molar-refractivity contribution >= 4 is 22.8 Å². The minimum absolute atomic E-state index is 0.0994. The molecule has 1 saturated carbocycles. The number of urea groups is 1. The van der Waals surface area contributed by atoms with Gasteiger partial charge in [-0.3, -0.25) is 5.32 Å². The number of rotatable bonds is 2. The van der Waals surface area contributed by atoms with Gasteiger partial charge in [-0.25, -0.2) is 9.78 Å². The first-order chi connectivity index (χ1) is 11.7. The van der Waals surface area contributed by atoms with E-state index in [1.165, 1.54) is 0 Å². The van der Waals surface area contributed by atoms with Crippen molar-refractivity contribution in [1.82, 2.24) is 14.9 Å². The zero-order chi connectivity index (χ0) is 16.5. The number of aromatic nitrogens is 2. The van der Waals surface area contributed by atoms with Crippen molar-refractivity contribution in [2.75, 3.05) is 11.9 Å². The van der Waals surface area contributed by atoms with Crippen LogP contribution in [0.15, 0.2) is 24.5 Å². The van der Waals surface area contributed by atoms with Crippen LogP contribution in [0.25, 0.3) is 10.9 Å². The van der Waals surface area contributed by atoms with Gasteiger partial charge in [0.25, 0.3) is 0 Å². The Morgan fingerprint density at radius 3 is 3.04 bits per heavy atom. The molecule has 4 rings (SSSR count). The number of anilines is 1. The number of aliphatic hydroxyl groups excluding tert-OH is 1. The van der Waals surface area contributed by atoms with Crippen molar-refractivity contribution in [3.63, 3.8) is 0 Å². The summed E-state index contributed by atoms with van der Waals surface area (Å²) in [5.74, 6) is 0.786. The maximum atomic E-state index is 12.7. The smallest absolute Gasteiger partial charge is 0.323 e. The van der Waals surface area contributed by atoms with E-state index in [1.54, 1.807) is 6.20 Å². The van der Waals surface area contributed by atoms with Crippen LogP contribution in [0.1, 0.15) is 38.5 Å². The topological polar surface area (TPSA) is 81.2 Å². The minimum Gasteiger partial charge on any atom is -0.393 e. The van der Waals surface area contributed by atoms with Crippen molar-refractivity contribution in [3.05, 3.63) is 24.5 Å². The number of aliphatic hydroxyl groups is 1. The number of nitrogens with one attached hydrogen (secondary N) is 2. The Hall–Kier alpha value is -2.08. The van der Waals surface area contributed by atoms with Gasteiger partial charge in [0.1, 0.15) is 5.82 Å². The van der Waals surface area contributed by atoms with E-state index < -0.39 is 0 Å². The SMILES string of the molecule is O=C(Nc1cc2cc[nH]c2cn1)N1CCCC1C1CCCCC1O. The standard InChI is InChI=1S/C18H24N4O2/c23-16-6-2-1-4-13(16)15-5-3-9-22(15)18(24)21-17-10-12-7-8-19-14(12)11-20-17/h7-8,10-11,13,15-16,19,23H,1-6,9H2,(H,20,21,24).